The fourth-order valence-electron chi connectivity index (χ4n) is 4.88. The Morgan fingerprint density at radius 1 is 0.755 bits per heavy atom. The second-order valence-electron chi connectivity index (χ2n) is 11.5. The molecule has 0 saturated heterocycles. The molecule has 0 aliphatic heterocycles. The molecule has 0 fully saturated rings. The van der Waals surface area contributed by atoms with Crippen LogP contribution >= 0.6 is 0 Å². The van der Waals surface area contributed by atoms with Gasteiger partial charge in [-0.3, -0.25) is 0 Å². The van der Waals surface area contributed by atoms with Gasteiger partial charge in [0.05, 0.1) is 29.3 Å². The molecule has 4 aromatic carbocycles. The molecule has 4 rings (SSSR count). The second-order valence-corrected chi connectivity index (χ2v) is 17.6. The van der Waals surface area contributed by atoms with Gasteiger partial charge in [0.15, 0.2) is 27.9 Å². The first-order chi connectivity index (χ1) is 24.9. The van der Waals surface area contributed by atoms with Crippen LogP contribution < -0.4 is 25.1 Å². The number of anilines is 1. The van der Waals surface area contributed by atoms with E-state index in [9.17, 15) is 34.8 Å². The molecule has 0 saturated carbocycles. The first-order valence-electron chi connectivity index (χ1n) is 15.7. The highest BCUT2D eigenvalue weighted by molar-refractivity contribution is 8.10. The smallest absolute Gasteiger partial charge is 0.424 e. The Balaban J connectivity index is 1.75. The average Bonchev–Trinajstić information content (AvgIpc) is 3.09. The van der Waals surface area contributed by atoms with Gasteiger partial charge >= 0.3 is 16.2 Å². The van der Waals surface area contributed by atoms with Gasteiger partial charge in [0.25, 0.3) is 10.0 Å². The molecule has 18 heteroatoms. The largest absolute Gasteiger partial charge is 0.497 e. The van der Waals surface area contributed by atoms with Gasteiger partial charge in [-0.05, 0) is 74.9 Å². The third kappa shape index (κ3) is 8.90. The SMILES string of the molecule is CCOC(=O)C(Oc1ccc(-c2ccc(OC)cc2N)cc1OCC(=O)OCCS(=O)(=O)c1ccc(C)cc1)(S(N)(=O)=O)S(=O)(=O)c1ccc(C)cc1. The molecule has 0 aliphatic rings. The molecule has 1 unspecified atom stereocenters. The number of hydrogen-bond acceptors (Lipinski definition) is 14. The maximum Gasteiger partial charge on any atom is 0.424 e. The molecular weight excluding hydrogens is 753 g/mol. The molecule has 0 aliphatic carbocycles. The molecule has 53 heavy (non-hydrogen) atoms. The summed E-state index contributed by atoms with van der Waals surface area (Å²) >= 11 is 0. The van der Waals surface area contributed by atoms with Crippen LogP contribution in [0.15, 0.2) is 94.7 Å². The second kappa shape index (κ2) is 16.2. The van der Waals surface area contributed by atoms with Crippen molar-refractivity contribution in [2.75, 3.05) is 38.4 Å². The Bertz CT molecular complexity index is 2310. The summed E-state index contributed by atoms with van der Waals surface area (Å²) in [5, 5.41) is 5.50. The van der Waals surface area contributed by atoms with Gasteiger partial charge in [-0.25, -0.2) is 40.0 Å². The highest BCUT2D eigenvalue weighted by atomic mass is 32.3. The molecule has 15 nitrogen and oxygen atoms in total. The number of hydrogen-bond donors (Lipinski definition) is 2. The molecular formula is C35H38N2O13S3. The Morgan fingerprint density at radius 3 is 1.91 bits per heavy atom. The maximum absolute atomic E-state index is 14.1. The van der Waals surface area contributed by atoms with E-state index in [0.717, 1.165) is 23.8 Å². The van der Waals surface area contributed by atoms with Crippen LogP contribution in [0.25, 0.3) is 11.1 Å². The number of sulfonamides is 1. The zero-order chi connectivity index (χ0) is 39.2. The number of rotatable bonds is 16. The summed E-state index contributed by atoms with van der Waals surface area (Å²) in [6.07, 6.45) is 0. The fraction of sp³-hybridized carbons (Fsp3) is 0.257. The minimum absolute atomic E-state index is 0.0346. The average molecular weight is 791 g/mol. The topological polar surface area (TPSA) is 235 Å². The van der Waals surface area contributed by atoms with E-state index in [-0.39, 0.29) is 10.6 Å². The number of carbonyl (C=O) groups is 2. The molecule has 0 spiro atoms. The third-order valence-electron chi connectivity index (χ3n) is 7.68. The van der Waals surface area contributed by atoms with Crippen molar-refractivity contribution in [3.05, 3.63) is 96.1 Å². The molecule has 0 amide bonds. The first-order valence-corrected chi connectivity index (χ1v) is 20.4. The van der Waals surface area contributed by atoms with Crippen LogP contribution in [0.1, 0.15) is 18.1 Å². The highest BCUT2D eigenvalue weighted by Crippen LogP contribution is 2.41. The molecule has 1 atom stereocenters. The number of nitrogen functional groups attached to an aromatic ring is 1. The summed E-state index contributed by atoms with van der Waals surface area (Å²) < 4.78 is 103. The van der Waals surface area contributed by atoms with E-state index >= 15 is 0 Å². The highest BCUT2D eigenvalue weighted by Gasteiger charge is 2.66. The van der Waals surface area contributed by atoms with Crippen molar-refractivity contribution < 1.29 is 58.5 Å². The van der Waals surface area contributed by atoms with E-state index in [2.05, 4.69) is 0 Å². The lowest BCUT2D eigenvalue weighted by atomic mass is 10.0. The summed E-state index contributed by atoms with van der Waals surface area (Å²) in [6, 6.07) is 19.3. The van der Waals surface area contributed by atoms with Gasteiger partial charge in [-0.15, -0.1) is 0 Å². The van der Waals surface area contributed by atoms with E-state index in [0.29, 0.717) is 22.4 Å². The first kappa shape index (κ1) is 40.6. The zero-order valence-electron chi connectivity index (χ0n) is 29.1. The minimum Gasteiger partial charge on any atom is -0.497 e. The van der Waals surface area contributed by atoms with Crippen molar-refractivity contribution in [1.82, 2.24) is 0 Å². The molecule has 0 radical (unpaired) electrons. The van der Waals surface area contributed by atoms with Crippen LogP contribution in [-0.4, -0.2) is 74.1 Å². The van der Waals surface area contributed by atoms with Crippen molar-refractivity contribution in [1.29, 1.82) is 0 Å². The molecule has 4 aromatic rings. The third-order valence-corrected chi connectivity index (χ3v) is 13.6. The fourth-order valence-corrected chi connectivity index (χ4v) is 9.26. The number of aryl methyl sites for hydroxylation is 2. The number of benzene rings is 4. The van der Waals surface area contributed by atoms with Crippen LogP contribution in [-0.2, 0) is 48.8 Å². The molecule has 0 heterocycles. The summed E-state index contributed by atoms with van der Waals surface area (Å²) in [6.45, 7) is 2.84. The van der Waals surface area contributed by atoms with Gasteiger partial charge < -0.3 is 29.4 Å². The van der Waals surface area contributed by atoms with Gasteiger partial charge in [-0.1, -0.05) is 41.5 Å². The lowest BCUT2D eigenvalue weighted by Crippen LogP contribution is -2.60. The van der Waals surface area contributed by atoms with E-state index in [1.54, 1.807) is 38.1 Å². The summed E-state index contributed by atoms with van der Waals surface area (Å²) in [5.41, 5.74) is 8.64. The van der Waals surface area contributed by atoms with E-state index < -0.39 is 87.9 Å². The van der Waals surface area contributed by atoms with Crippen LogP contribution in [0, 0.1) is 13.8 Å². The predicted molar refractivity (Wildman–Crippen MR) is 194 cm³/mol. The number of nitrogens with two attached hydrogens (primary N) is 2. The van der Waals surface area contributed by atoms with Crippen molar-refractivity contribution in [2.45, 2.75) is 34.8 Å². The quantitative estimate of drug-likeness (QED) is 0.122. The van der Waals surface area contributed by atoms with Crippen molar-refractivity contribution >= 4 is 47.3 Å². The van der Waals surface area contributed by atoms with Gasteiger partial charge in [0.1, 0.15) is 12.4 Å². The number of primary sulfonamides is 1. The van der Waals surface area contributed by atoms with Crippen LogP contribution in [0.2, 0.25) is 0 Å². The number of sulfone groups is 2. The summed E-state index contributed by atoms with van der Waals surface area (Å²) in [5.74, 6) is -4.17. The molecule has 4 N–H and O–H groups in total. The van der Waals surface area contributed by atoms with Crippen LogP contribution in [0.3, 0.4) is 0 Å². The number of esters is 2. The normalized spacial score (nSPS) is 13.0. The van der Waals surface area contributed by atoms with E-state index in [1.807, 2.05) is 0 Å². The van der Waals surface area contributed by atoms with Gasteiger partial charge in [0, 0.05) is 17.3 Å². The van der Waals surface area contributed by atoms with Crippen LogP contribution in [0.4, 0.5) is 5.69 Å². The molecule has 0 bridgehead atoms. The van der Waals surface area contributed by atoms with E-state index in [4.69, 9.17) is 34.6 Å². The van der Waals surface area contributed by atoms with Crippen molar-refractivity contribution in [2.24, 2.45) is 5.14 Å². The monoisotopic (exact) mass is 790 g/mol. The Hall–Kier alpha value is -5.17. The Kier molecular flexibility index (Phi) is 12.4. The summed E-state index contributed by atoms with van der Waals surface area (Å²) in [7, 11) is -13.3. The lowest BCUT2D eigenvalue weighted by molar-refractivity contribution is -0.150. The Labute approximate surface area is 307 Å². The van der Waals surface area contributed by atoms with Crippen LogP contribution in [0.5, 0.6) is 17.2 Å². The number of ether oxygens (including phenoxy) is 5. The van der Waals surface area contributed by atoms with E-state index in [1.165, 1.54) is 56.5 Å². The standard InChI is InChI=1S/C35H38N2O13S3/c1-5-47-34(39)35(53(37,44)45,52(42,43)28-14-8-24(3)9-15-28)50-31-17-10-25(29-16-11-26(46-4)21-30(29)36)20-32(31)49-22-33(38)48-18-19-51(40,41)27-12-6-23(2)7-13-27/h6-17,20-21H,5,18-19,22,36H2,1-4H3,(H2,37,44,45). The summed E-state index contributed by atoms with van der Waals surface area (Å²) in [4.78, 5) is 25.7. The number of methoxy groups -OCH3 is 1. The van der Waals surface area contributed by atoms with Gasteiger partial charge in [-0.2, -0.15) is 0 Å². The molecule has 0 aromatic heterocycles. The molecule has 284 valence electrons. The predicted octanol–water partition coefficient (Wildman–Crippen LogP) is 3.32. The minimum atomic E-state index is -5.56. The maximum atomic E-state index is 14.1. The van der Waals surface area contributed by atoms with Crippen molar-refractivity contribution in [3.8, 4) is 28.4 Å². The number of carbonyl (C=O) groups excluding carboxylic acids is 2. The van der Waals surface area contributed by atoms with Gasteiger partial charge in [0.2, 0.25) is 9.84 Å². The zero-order valence-corrected chi connectivity index (χ0v) is 31.5. The Morgan fingerprint density at radius 2 is 1.36 bits per heavy atom. The lowest BCUT2D eigenvalue weighted by Gasteiger charge is -2.30. The van der Waals surface area contributed by atoms with Crippen molar-refractivity contribution in [3.63, 3.8) is 0 Å².